The topological polar surface area (TPSA) is 75.7 Å². The molecule has 1 saturated heterocycles. The molecule has 1 aliphatic heterocycles. The van der Waals surface area contributed by atoms with Gasteiger partial charge in [0.2, 0.25) is 15.9 Å². The number of hydrogen-bond donors (Lipinski definition) is 1. The zero-order valence-corrected chi connectivity index (χ0v) is 17.2. The molecule has 0 radical (unpaired) electrons. The molecule has 1 N–H and O–H groups in total. The normalized spacial score (nSPS) is 17.9. The van der Waals surface area contributed by atoms with Crippen molar-refractivity contribution in [1.82, 2.24) is 4.31 Å². The average molecular weight is 423 g/mol. The first kappa shape index (κ1) is 20.6. The summed E-state index contributed by atoms with van der Waals surface area (Å²) in [6.07, 6.45) is 1.27. The number of nitrogens with one attached hydrogen (secondary N) is 1. The molecular weight excluding hydrogens is 400 g/mol. The molecule has 0 aliphatic carbocycles. The molecular formula is C20H23ClN2O4S. The van der Waals surface area contributed by atoms with Gasteiger partial charge in [-0.05, 0) is 62.2 Å². The molecule has 0 bridgehead atoms. The number of sulfonamides is 1. The van der Waals surface area contributed by atoms with E-state index in [1.165, 1.54) is 16.4 Å². The lowest BCUT2D eigenvalue weighted by molar-refractivity contribution is -0.120. The number of carbonyl (C=O) groups is 1. The van der Waals surface area contributed by atoms with Crippen molar-refractivity contribution < 1.29 is 17.9 Å². The summed E-state index contributed by atoms with van der Waals surface area (Å²) >= 11 is 5.95. The predicted octanol–water partition coefficient (Wildman–Crippen LogP) is 3.78. The van der Waals surface area contributed by atoms with Gasteiger partial charge in [-0.3, -0.25) is 4.79 Å². The number of nitrogens with zero attached hydrogens (tertiary/aromatic N) is 1. The number of carbonyl (C=O) groups excluding carboxylic acids is 1. The van der Waals surface area contributed by atoms with Crippen molar-refractivity contribution in [3.05, 3.63) is 53.6 Å². The summed E-state index contributed by atoms with van der Waals surface area (Å²) in [7, 11) is -3.66. The molecule has 1 atom stereocenters. The molecule has 0 spiro atoms. The van der Waals surface area contributed by atoms with Crippen LogP contribution in [0.1, 0.15) is 19.8 Å². The molecule has 8 heteroatoms. The van der Waals surface area contributed by atoms with E-state index < -0.39 is 15.9 Å². The third kappa shape index (κ3) is 4.84. The fourth-order valence-electron chi connectivity index (χ4n) is 3.21. The van der Waals surface area contributed by atoms with Crippen LogP contribution in [0.2, 0.25) is 5.02 Å². The Morgan fingerprint density at radius 3 is 2.68 bits per heavy atom. The van der Waals surface area contributed by atoms with Gasteiger partial charge in [-0.2, -0.15) is 4.31 Å². The number of amides is 1. The van der Waals surface area contributed by atoms with E-state index in [-0.39, 0.29) is 17.3 Å². The highest BCUT2D eigenvalue weighted by molar-refractivity contribution is 7.89. The highest BCUT2D eigenvalue weighted by atomic mass is 35.5. The fraction of sp³-hybridized carbons (Fsp3) is 0.350. The quantitative estimate of drug-likeness (QED) is 0.768. The third-order valence-electron chi connectivity index (χ3n) is 4.62. The highest BCUT2D eigenvalue weighted by Crippen LogP contribution is 2.26. The lowest BCUT2D eigenvalue weighted by Gasteiger charge is -2.31. The zero-order chi connectivity index (χ0) is 20.1. The van der Waals surface area contributed by atoms with Crippen LogP contribution in [-0.2, 0) is 14.8 Å². The SMILES string of the molecule is CCOc1ccc(S(=O)(=O)N2CCC[C@H](C(=O)Nc3cccc(Cl)c3)C2)cc1. The summed E-state index contributed by atoms with van der Waals surface area (Å²) in [6.45, 7) is 2.94. The van der Waals surface area contributed by atoms with Crippen molar-refractivity contribution >= 4 is 33.2 Å². The molecule has 1 heterocycles. The number of rotatable bonds is 6. The van der Waals surface area contributed by atoms with Crippen LogP contribution in [0.25, 0.3) is 0 Å². The molecule has 28 heavy (non-hydrogen) atoms. The van der Waals surface area contributed by atoms with Crippen LogP contribution in [-0.4, -0.2) is 38.3 Å². The smallest absolute Gasteiger partial charge is 0.243 e. The summed E-state index contributed by atoms with van der Waals surface area (Å²) in [5, 5.41) is 3.35. The molecule has 150 valence electrons. The van der Waals surface area contributed by atoms with Gasteiger partial charge in [0.05, 0.1) is 17.4 Å². The molecule has 6 nitrogen and oxygen atoms in total. The van der Waals surface area contributed by atoms with Crippen LogP contribution >= 0.6 is 11.6 Å². The van der Waals surface area contributed by atoms with Crippen molar-refractivity contribution in [2.24, 2.45) is 5.92 Å². The van der Waals surface area contributed by atoms with E-state index in [0.717, 1.165) is 0 Å². The maximum absolute atomic E-state index is 13.0. The molecule has 0 unspecified atom stereocenters. The van der Waals surface area contributed by atoms with Gasteiger partial charge in [0, 0.05) is 23.8 Å². The summed E-state index contributed by atoms with van der Waals surface area (Å²) in [4.78, 5) is 12.8. The Kier molecular flexibility index (Phi) is 6.59. The van der Waals surface area contributed by atoms with Gasteiger partial charge in [-0.15, -0.1) is 0 Å². The van der Waals surface area contributed by atoms with E-state index >= 15 is 0 Å². The number of hydrogen-bond acceptors (Lipinski definition) is 4. The minimum absolute atomic E-state index is 0.155. The first-order valence-electron chi connectivity index (χ1n) is 9.19. The van der Waals surface area contributed by atoms with Crippen molar-refractivity contribution in [1.29, 1.82) is 0 Å². The maximum atomic E-state index is 13.0. The third-order valence-corrected chi connectivity index (χ3v) is 6.73. The van der Waals surface area contributed by atoms with Crippen molar-refractivity contribution in [3.8, 4) is 5.75 Å². The van der Waals surface area contributed by atoms with Crippen LogP contribution in [0, 0.1) is 5.92 Å². The Morgan fingerprint density at radius 2 is 2.00 bits per heavy atom. The Morgan fingerprint density at radius 1 is 1.25 bits per heavy atom. The van der Waals surface area contributed by atoms with Crippen LogP contribution in [0.3, 0.4) is 0 Å². The predicted molar refractivity (Wildman–Crippen MR) is 109 cm³/mol. The second-order valence-corrected chi connectivity index (χ2v) is 8.98. The van der Waals surface area contributed by atoms with Crippen LogP contribution < -0.4 is 10.1 Å². The van der Waals surface area contributed by atoms with E-state index in [1.54, 1.807) is 36.4 Å². The maximum Gasteiger partial charge on any atom is 0.243 e. The Labute approximate surface area is 170 Å². The number of halogens is 1. The van der Waals surface area contributed by atoms with Gasteiger partial charge >= 0.3 is 0 Å². The average Bonchev–Trinajstić information content (AvgIpc) is 2.69. The van der Waals surface area contributed by atoms with Crippen LogP contribution in [0.15, 0.2) is 53.4 Å². The van der Waals surface area contributed by atoms with Gasteiger partial charge < -0.3 is 10.1 Å². The molecule has 3 rings (SSSR count). The van der Waals surface area contributed by atoms with Crippen molar-refractivity contribution in [2.75, 3.05) is 25.0 Å². The van der Waals surface area contributed by atoms with Gasteiger partial charge in [-0.1, -0.05) is 17.7 Å². The molecule has 2 aromatic rings. The Hall–Kier alpha value is -2.09. The summed E-state index contributed by atoms with van der Waals surface area (Å²) in [5.74, 6) is 0.0120. The van der Waals surface area contributed by atoms with E-state index in [2.05, 4.69) is 5.32 Å². The molecule has 1 fully saturated rings. The summed E-state index contributed by atoms with van der Waals surface area (Å²) < 4.78 is 32.7. The minimum Gasteiger partial charge on any atom is -0.494 e. The summed E-state index contributed by atoms with van der Waals surface area (Å²) in [5.41, 5.74) is 0.601. The number of benzene rings is 2. The number of piperidine rings is 1. The van der Waals surface area contributed by atoms with Crippen LogP contribution in [0.5, 0.6) is 5.75 Å². The largest absolute Gasteiger partial charge is 0.494 e. The monoisotopic (exact) mass is 422 g/mol. The molecule has 2 aromatic carbocycles. The van der Waals surface area contributed by atoms with E-state index in [0.29, 0.717) is 42.5 Å². The second kappa shape index (κ2) is 8.94. The Balaban J connectivity index is 1.70. The van der Waals surface area contributed by atoms with E-state index in [9.17, 15) is 13.2 Å². The fourth-order valence-corrected chi connectivity index (χ4v) is 4.92. The van der Waals surface area contributed by atoms with E-state index in [1.807, 2.05) is 6.92 Å². The lowest BCUT2D eigenvalue weighted by atomic mass is 9.99. The second-order valence-electron chi connectivity index (χ2n) is 6.61. The molecule has 0 aromatic heterocycles. The number of ether oxygens (including phenoxy) is 1. The van der Waals surface area contributed by atoms with Gasteiger partial charge in [0.1, 0.15) is 5.75 Å². The van der Waals surface area contributed by atoms with Crippen molar-refractivity contribution in [2.45, 2.75) is 24.7 Å². The van der Waals surface area contributed by atoms with Gasteiger partial charge in [-0.25, -0.2) is 8.42 Å². The highest BCUT2D eigenvalue weighted by Gasteiger charge is 2.33. The Bertz CT molecular complexity index is 931. The first-order valence-corrected chi connectivity index (χ1v) is 11.0. The molecule has 1 aliphatic rings. The van der Waals surface area contributed by atoms with Gasteiger partial charge in [0.25, 0.3) is 0 Å². The zero-order valence-electron chi connectivity index (χ0n) is 15.6. The minimum atomic E-state index is -3.66. The van der Waals surface area contributed by atoms with Crippen LogP contribution in [0.4, 0.5) is 5.69 Å². The van der Waals surface area contributed by atoms with Crippen molar-refractivity contribution in [3.63, 3.8) is 0 Å². The lowest BCUT2D eigenvalue weighted by Crippen LogP contribution is -2.43. The number of anilines is 1. The van der Waals surface area contributed by atoms with Gasteiger partial charge in [0.15, 0.2) is 0 Å². The summed E-state index contributed by atoms with van der Waals surface area (Å²) in [6, 6.07) is 13.3. The molecule has 0 saturated carbocycles. The molecule has 1 amide bonds. The first-order chi connectivity index (χ1) is 13.4. The standard InChI is InChI=1S/C20H23ClN2O4S/c1-2-27-18-8-10-19(11-9-18)28(25,26)23-12-4-5-15(14-23)20(24)22-17-7-3-6-16(21)13-17/h3,6-11,13,15H,2,4-5,12,14H2,1H3,(H,22,24)/t15-/m0/s1. The van der Waals surface area contributed by atoms with E-state index in [4.69, 9.17) is 16.3 Å².